The number of carboxylic acid groups (broad SMARTS) is 2. The number of rotatable bonds is 10. The molecule has 1 fully saturated rings. The fourth-order valence-corrected chi connectivity index (χ4v) is 4.32. The Bertz CT molecular complexity index is 966. The molecule has 1 aliphatic heterocycles. The number of nitrogens with zero attached hydrogens (tertiary/aromatic N) is 4. The van der Waals surface area contributed by atoms with Gasteiger partial charge in [0.05, 0.1) is 12.4 Å². The Labute approximate surface area is 204 Å². The van der Waals surface area contributed by atoms with E-state index in [4.69, 9.17) is 32.2 Å². The first kappa shape index (κ1) is 28.0. The van der Waals surface area contributed by atoms with Gasteiger partial charge in [-0.3, -0.25) is 14.2 Å². The Morgan fingerprint density at radius 3 is 2.35 bits per heavy atom. The lowest BCUT2D eigenvalue weighted by Gasteiger charge is -2.16. The van der Waals surface area contributed by atoms with Crippen molar-refractivity contribution in [1.82, 2.24) is 19.5 Å². The number of aliphatic hydroxyl groups excluding tert-OH is 2. The van der Waals surface area contributed by atoms with Gasteiger partial charge in [0, 0.05) is 5.75 Å². The van der Waals surface area contributed by atoms with Gasteiger partial charge in [-0.05, 0) is 24.3 Å². The first-order valence-electron chi connectivity index (χ1n) is 10.2. The smallest absolute Gasteiger partial charge is 0.320 e. The van der Waals surface area contributed by atoms with Gasteiger partial charge in [-0.1, -0.05) is 0 Å². The number of fused-ring (bicyclic) bond motifs is 1. The maximum absolute atomic E-state index is 10.7. The summed E-state index contributed by atoms with van der Waals surface area (Å²) in [5.41, 5.74) is 17.1. The molecule has 3 heterocycles. The average Bonchev–Trinajstić information content (AvgIpc) is 3.34. The summed E-state index contributed by atoms with van der Waals surface area (Å²) in [6.45, 7) is 0. The van der Waals surface area contributed by atoms with Gasteiger partial charge in [-0.15, -0.1) is 0 Å². The molecule has 0 saturated carbocycles. The van der Waals surface area contributed by atoms with Crippen molar-refractivity contribution in [2.75, 3.05) is 23.0 Å². The maximum Gasteiger partial charge on any atom is 0.320 e. The first-order chi connectivity index (χ1) is 16.1. The Balaban J connectivity index is 0.000000440. The number of hydrogen-bond donors (Lipinski definition) is 8. The van der Waals surface area contributed by atoms with E-state index in [2.05, 4.69) is 27.6 Å². The number of ether oxygens (including phenoxy) is 1. The number of aliphatic carboxylic acids is 2. The lowest BCUT2D eigenvalue weighted by molar-refractivity contribution is -0.139. The number of imidazole rings is 1. The van der Waals surface area contributed by atoms with Crippen LogP contribution in [0.3, 0.4) is 0 Å². The van der Waals surface area contributed by atoms with Crippen molar-refractivity contribution in [3.05, 3.63) is 12.7 Å². The second-order valence-electron chi connectivity index (χ2n) is 7.39. The Hall–Kier alpha value is -2.21. The van der Waals surface area contributed by atoms with Crippen molar-refractivity contribution in [3.8, 4) is 0 Å². The zero-order valence-electron chi connectivity index (χ0n) is 18.0. The number of hydrogen-bond acceptors (Lipinski definition) is 13. The number of thioether (sulfide) groups is 1. The number of aliphatic hydroxyl groups is 2. The van der Waals surface area contributed by atoms with E-state index < -0.39 is 48.6 Å². The summed E-state index contributed by atoms with van der Waals surface area (Å²) in [4.78, 5) is 32.7. The highest BCUT2D eigenvalue weighted by molar-refractivity contribution is 7.99. The molecular formula is C18H29N7O7S2. The van der Waals surface area contributed by atoms with Crippen LogP contribution >= 0.6 is 24.4 Å². The lowest BCUT2D eigenvalue weighted by atomic mass is 10.1. The SMILES string of the molecule is N[C@@H](CCS)C(=O)O.Nc1ncnc2c1ncn2[C@@H]1O[C@H](CSCC[C@H](N)C(=O)O)[C@@H](O)[C@H]1O. The van der Waals surface area contributed by atoms with Gasteiger partial charge in [0.25, 0.3) is 0 Å². The van der Waals surface area contributed by atoms with Gasteiger partial charge in [0.15, 0.2) is 17.7 Å². The zero-order chi connectivity index (χ0) is 25.4. The summed E-state index contributed by atoms with van der Waals surface area (Å²) in [5.74, 6) is -0.397. The molecule has 6 atom stereocenters. The minimum atomic E-state index is -1.17. The minimum Gasteiger partial charge on any atom is -0.480 e. The molecule has 0 radical (unpaired) electrons. The van der Waals surface area contributed by atoms with Gasteiger partial charge in [-0.2, -0.15) is 24.4 Å². The summed E-state index contributed by atoms with van der Waals surface area (Å²) in [7, 11) is 0. The van der Waals surface area contributed by atoms with Crippen molar-refractivity contribution in [2.45, 2.75) is 49.5 Å². The second-order valence-corrected chi connectivity index (χ2v) is 8.99. The summed E-state index contributed by atoms with van der Waals surface area (Å²) >= 11 is 5.21. The molecule has 0 bridgehead atoms. The van der Waals surface area contributed by atoms with Crippen molar-refractivity contribution in [3.63, 3.8) is 0 Å². The predicted octanol–water partition coefficient (Wildman–Crippen LogP) is -1.72. The molecule has 0 aromatic carbocycles. The van der Waals surface area contributed by atoms with E-state index >= 15 is 0 Å². The normalized spacial score (nSPS) is 23.8. The standard InChI is InChI=1S/C14H20N6O5S.C4H9NO2S/c15-6(14(23)24)1-2-26-3-7-9(21)10(22)13(25-7)20-5-19-8-11(16)17-4-18-12(8)20;5-3(1-2-8)4(6)7/h4-7,9-10,13,21-22H,1-3,15H2,(H,23,24)(H2,16,17,18);3,8H,1-2,5H2,(H,6,7)/t6-,7+,9+,10+,13+;3-/m00/s1. The predicted molar refractivity (Wildman–Crippen MR) is 127 cm³/mol. The number of carboxylic acids is 2. The Morgan fingerprint density at radius 2 is 1.76 bits per heavy atom. The molecule has 10 N–H and O–H groups in total. The third-order valence-electron chi connectivity index (χ3n) is 4.93. The van der Waals surface area contributed by atoms with E-state index in [1.54, 1.807) is 0 Å². The molecular weight excluding hydrogens is 490 g/mol. The highest BCUT2D eigenvalue weighted by Gasteiger charge is 2.44. The maximum atomic E-state index is 10.7. The Morgan fingerprint density at radius 1 is 1.12 bits per heavy atom. The number of nitrogen functional groups attached to an aromatic ring is 1. The number of aromatic nitrogens is 4. The van der Waals surface area contributed by atoms with Crippen LogP contribution in [0.1, 0.15) is 19.1 Å². The first-order valence-corrected chi connectivity index (χ1v) is 12.0. The molecule has 2 aromatic heterocycles. The molecule has 16 heteroatoms. The summed E-state index contributed by atoms with van der Waals surface area (Å²) in [5, 5.41) is 37.5. The fraction of sp³-hybridized carbons (Fsp3) is 0.611. The largest absolute Gasteiger partial charge is 0.480 e. The highest BCUT2D eigenvalue weighted by atomic mass is 32.2. The van der Waals surface area contributed by atoms with Crippen molar-refractivity contribution >= 4 is 53.3 Å². The van der Waals surface area contributed by atoms with Gasteiger partial charge in [0.1, 0.15) is 36.1 Å². The number of anilines is 1. The van der Waals surface area contributed by atoms with Crippen LogP contribution in [-0.4, -0.2) is 99.5 Å². The number of carbonyl (C=O) groups is 2. The summed E-state index contributed by atoms with van der Waals surface area (Å²) in [6.07, 6.45) is -0.318. The molecule has 3 rings (SSSR count). The molecule has 0 amide bonds. The van der Waals surface area contributed by atoms with Crippen LogP contribution in [0.25, 0.3) is 11.2 Å². The van der Waals surface area contributed by atoms with E-state index in [0.29, 0.717) is 41.3 Å². The molecule has 0 spiro atoms. The van der Waals surface area contributed by atoms with E-state index in [1.165, 1.54) is 29.0 Å². The summed E-state index contributed by atoms with van der Waals surface area (Å²) < 4.78 is 7.29. The molecule has 1 aliphatic rings. The van der Waals surface area contributed by atoms with Crippen LogP contribution in [-0.2, 0) is 14.3 Å². The van der Waals surface area contributed by atoms with E-state index in [-0.39, 0.29) is 5.82 Å². The summed E-state index contributed by atoms with van der Waals surface area (Å²) in [6, 6.07) is -1.66. The van der Waals surface area contributed by atoms with Crippen LogP contribution in [0.5, 0.6) is 0 Å². The van der Waals surface area contributed by atoms with Gasteiger partial charge >= 0.3 is 11.9 Å². The molecule has 34 heavy (non-hydrogen) atoms. The highest BCUT2D eigenvalue weighted by Crippen LogP contribution is 2.33. The topological polar surface area (TPSA) is 246 Å². The Kier molecular flexibility index (Phi) is 10.7. The molecule has 190 valence electrons. The van der Waals surface area contributed by atoms with E-state index in [1.807, 2.05) is 0 Å². The van der Waals surface area contributed by atoms with Crippen molar-refractivity contribution in [2.24, 2.45) is 11.5 Å². The molecule has 0 aliphatic carbocycles. The fourth-order valence-electron chi connectivity index (χ4n) is 2.95. The molecule has 1 saturated heterocycles. The zero-order valence-corrected chi connectivity index (χ0v) is 19.8. The van der Waals surface area contributed by atoms with Gasteiger partial charge in [-0.25, -0.2) is 15.0 Å². The van der Waals surface area contributed by atoms with E-state index in [9.17, 15) is 19.8 Å². The molecule has 14 nitrogen and oxygen atoms in total. The lowest BCUT2D eigenvalue weighted by Crippen LogP contribution is -2.33. The van der Waals surface area contributed by atoms with Crippen LogP contribution < -0.4 is 17.2 Å². The minimum absolute atomic E-state index is 0.212. The van der Waals surface area contributed by atoms with Crippen LogP contribution in [0, 0.1) is 0 Å². The third kappa shape index (κ3) is 7.14. The van der Waals surface area contributed by atoms with Gasteiger partial charge < -0.3 is 42.4 Å². The average molecular weight is 520 g/mol. The van der Waals surface area contributed by atoms with Crippen molar-refractivity contribution < 1.29 is 34.8 Å². The van der Waals surface area contributed by atoms with Crippen molar-refractivity contribution in [1.29, 1.82) is 0 Å². The number of nitrogens with two attached hydrogens (primary N) is 3. The van der Waals surface area contributed by atoms with E-state index in [0.717, 1.165) is 0 Å². The quantitative estimate of drug-likeness (QED) is 0.128. The third-order valence-corrected chi connectivity index (χ3v) is 6.28. The molecule has 2 aromatic rings. The number of thiol groups is 1. The van der Waals surface area contributed by atoms with Crippen LogP contribution in [0.15, 0.2) is 12.7 Å². The van der Waals surface area contributed by atoms with Crippen LogP contribution in [0.4, 0.5) is 5.82 Å². The second kappa shape index (κ2) is 13.0. The van der Waals surface area contributed by atoms with Crippen LogP contribution in [0.2, 0.25) is 0 Å². The monoisotopic (exact) mass is 519 g/mol. The van der Waals surface area contributed by atoms with Gasteiger partial charge in [0.2, 0.25) is 0 Å². The molecule has 0 unspecified atom stereocenters.